The Kier molecular flexibility index (Phi) is 6.71. The SMILES string of the molecule is C=CCOc1ccc(NC(=O)CNc2ccccc2OCC)cc1. The Hall–Kier alpha value is -2.95. The Bertz CT molecular complexity index is 669. The summed E-state index contributed by atoms with van der Waals surface area (Å²) in [6.45, 7) is 6.70. The zero-order valence-electron chi connectivity index (χ0n) is 13.7. The van der Waals surface area contributed by atoms with Crippen molar-refractivity contribution in [2.24, 2.45) is 0 Å². The van der Waals surface area contributed by atoms with Gasteiger partial charge in [0.1, 0.15) is 18.1 Å². The molecule has 1 amide bonds. The minimum Gasteiger partial charge on any atom is -0.492 e. The number of hydrogen-bond donors (Lipinski definition) is 2. The molecule has 0 spiro atoms. The summed E-state index contributed by atoms with van der Waals surface area (Å²) in [4.78, 5) is 12.1. The number of ether oxygens (including phenoxy) is 2. The molecule has 0 aliphatic carbocycles. The van der Waals surface area contributed by atoms with Gasteiger partial charge in [-0.25, -0.2) is 0 Å². The molecule has 0 unspecified atom stereocenters. The second-order valence-corrected chi connectivity index (χ2v) is 4.95. The van der Waals surface area contributed by atoms with Gasteiger partial charge in [0.05, 0.1) is 18.8 Å². The number of anilines is 2. The molecule has 2 aromatic rings. The minimum atomic E-state index is -0.138. The fourth-order valence-corrected chi connectivity index (χ4v) is 2.06. The number of nitrogens with one attached hydrogen (secondary N) is 2. The molecule has 0 aliphatic heterocycles. The van der Waals surface area contributed by atoms with Gasteiger partial charge in [0.25, 0.3) is 0 Å². The van der Waals surface area contributed by atoms with Crippen LogP contribution in [0.2, 0.25) is 0 Å². The van der Waals surface area contributed by atoms with Crippen LogP contribution in [0.15, 0.2) is 61.2 Å². The molecule has 126 valence electrons. The van der Waals surface area contributed by atoms with Crippen LogP contribution in [0.4, 0.5) is 11.4 Å². The number of carbonyl (C=O) groups is 1. The van der Waals surface area contributed by atoms with Gasteiger partial charge in [-0.15, -0.1) is 0 Å². The van der Waals surface area contributed by atoms with E-state index in [4.69, 9.17) is 9.47 Å². The third-order valence-corrected chi connectivity index (χ3v) is 3.13. The Morgan fingerprint density at radius 1 is 1.12 bits per heavy atom. The van der Waals surface area contributed by atoms with Crippen LogP contribution < -0.4 is 20.1 Å². The van der Waals surface area contributed by atoms with E-state index in [0.29, 0.717) is 18.9 Å². The molecule has 5 nitrogen and oxygen atoms in total. The van der Waals surface area contributed by atoms with Crippen molar-refractivity contribution in [1.82, 2.24) is 0 Å². The zero-order valence-corrected chi connectivity index (χ0v) is 13.7. The number of para-hydroxylation sites is 2. The third kappa shape index (κ3) is 5.35. The molecule has 5 heteroatoms. The fourth-order valence-electron chi connectivity index (χ4n) is 2.06. The van der Waals surface area contributed by atoms with Gasteiger partial charge in [-0.3, -0.25) is 4.79 Å². The molecule has 0 heterocycles. The Labute approximate surface area is 142 Å². The Morgan fingerprint density at radius 3 is 2.58 bits per heavy atom. The third-order valence-electron chi connectivity index (χ3n) is 3.13. The normalized spacial score (nSPS) is 9.88. The van der Waals surface area contributed by atoms with Gasteiger partial charge < -0.3 is 20.1 Å². The summed E-state index contributed by atoms with van der Waals surface area (Å²) in [5.41, 5.74) is 1.51. The lowest BCUT2D eigenvalue weighted by molar-refractivity contribution is -0.114. The second kappa shape index (κ2) is 9.25. The molecular weight excluding hydrogens is 304 g/mol. The molecule has 2 N–H and O–H groups in total. The minimum absolute atomic E-state index is 0.138. The summed E-state index contributed by atoms with van der Waals surface area (Å²) in [6, 6.07) is 14.7. The summed E-state index contributed by atoms with van der Waals surface area (Å²) in [5, 5.41) is 5.91. The molecule has 0 aliphatic rings. The second-order valence-electron chi connectivity index (χ2n) is 4.95. The monoisotopic (exact) mass is 326 g/mol. The topological polar surface area (TPSA) is 59.6 Å². The predicted molar refractivity (Wildman–Crippen MR) is 96.9 cm³/mol. The smallest absolute Gasteiger partial charge is 0.243 e. The van der Waals surface area contributed by atoms with Crippen LogP contribution in [-0.2, 0) is 4.79 Å². The summed E-state index contributed by atoms with van der Waals surface area (Å²) in [6.07, 6.45) is 1.68. The average molecular weight is 326 g/mol. The van der Waals surface area contributed by atoms with Crippen LogP contribution in [0.1, 0.15) is 6.92 Å². The van der Waals surface area contributed by atoms with Crippen LogP contribution in [0.3, 0.4) is 0 Å². The van der Waals surface area contributed by atoms with E-state index in [1.807, 2.05) is 31.2 Å². The van der Waals surface area contributed by atoms with Crippen molar-refractivity contribution in [2.45, 2.75) is 6.92 Å². The first-order chi connectivity index (χ1) is 11.7. The lowest BCUT2D eigenvalue weighted by atomic mass is 10.3. The van der Waals surface area contributed by atoms with Crippen LogP contribution in [0.25, 0.3) is 0 Å². The van der Waals surface area contributed by atoms with Crippen LogP contribution in [-0.4, -0.2) is 25.7 Å². The Morgan fingerprint density at radius 2 is 1.88 bits per heavy atom. The Balaban J connectivity index is 1.86. The maximum atomic E-state index is 12.1. The molecule has 24 heavy (non-hydrogen) atoms. The van der Waals surface area contributed by atoms with Crippen molar-refractivity contribution < 1.29 is 14.3 Å². The van der Waals surface area contributed by atoms with Crippen molar-refractivity contribution >= 4 is 17.3 Å². The lowest BCUT2D eigenvalue weighted by Gasteiger charge is -2.12. The summed E-state index contributed by atoms with van der Waals surface area (Å²) in [7, 11) is 0. The van der Waals surface area contributed by atoms with Gasteiger partial charge in [-0.2, -0.15) is 0 Å². The number of benzene rings is 2. The van der Waals surface area contributed by atoms with Gasteiger partial charge in [-0.05, 0) is 43.3 Å². The van der Waals surface area contributed by atoms with Gasteiger partial charge in [0, 0.05) is 5.69 Å². The van der Waals surface area contributed by atoms with E-state index < -0.39 is 0 Å². The maximum absolute atomic E-state index is 12.1. The van der Waals surface area contributed by atoms with Gasteiger partial charge in [0.15, 0.2) is 0 Å². The molecule has 0 radical (unpaired) electrons. The van der Waals surface area contributed by atoms with Crippen molar-refractivity contribution in [2.75, 3.05) is 30.4 Å². The van der Waals surface area contributed by atoms with Crippen LogP contribution in [0.5, 0.6) is 11.5 Å². The van der Waals surface area contributed by atoms with Crippen LogP contribution in [0, 0.1) is 0 Å². The van der Waals surface area contributed by atoms with Crippen molar-refractivity contribution in [3.8, 4) is 11.5 Å². The van der Waals surface area contributed by atoms with Gasteiger partial charge in [-0.1, -0.05) is 24.8 Å². The first-order valence-electron chi connectivity index (χ1n) is 7.82. The fraction of sp³-hybridized carbons (Fsp3) is 0.211. The highest BCUT2D eigenvalue weighted by Gasteiger charge is 2.06. The lowest BCUT2D eigenvalue weighted by Crippen LogP contribution is -2.22. The van der Waals surface area contributed by atoms with E-state index in [9.17, 15) is 4.79 Å². The largest absolute Gasteiger partial charge is 0.492 e. The number of amides is 1. The number of carbonyl (C=O) groups excluding carboxylic acids is 1. The number of hydrogen-bond acceptors (Lipinski definition) is 4. The first kappa shape index (κ1) is 17.4. The molecule has 0 saturated heterocycles. The maximum Gasteiger partial charge on any atom is 0.243 e. The summed E-state index contributed by atoms with van der Waals surface area (Å²) < 4.78 is 10.9. The summed E-state index contributed by atoms with van der Waals surface area (Å²) in [5.74, 6) is 1.33. The highest BCUT2D eigenvalue weighted by Crippen LogP contribution is 2.23. The predicted octanol–water partition coefficient (Wildman–Crippen LogP) is 3.70. The molecule has 0 bridgehead atoms. The summed E-state index contributed by atoms with van der Waals surface area (Å²) >= 11 is 0. The highest BCUT2D eigenvalue weighted by atomic mass is 16.5. The van der Waals surface area contributed by atoms with E-state index in [-0.39, 0.29) is 12.5 Å². The quantitative estimate of drug-likeness (QED) is 0.690. The molecule has 0 aromatic heterocycles. The highest BCUT2D eigenvalue weighted by molar-refractivity contribution is 5.94. The van der Waals surface area contributed by atoms with Crippen molar-refractivity contribution in [3.63, 3.8) is 0 Å². The zero-order chi connectivity index (χ0) is 17.2. The van der Waals surface area contributed by atoms with E-state index >= 15 is 0 Å². The molecule has 2 rings (SSSR count). The molecular formula is C19H22N2O3. The van der Waals surface area contributed by atoms with Crippen LogP contribution >= 0.6 is 0 Å². The van der Waals surface area contributed by atoms with E-state index in [1.54, 1.807) is 30.3 Å². The van der Waals surface area contributed by atoms with E-state index in [0.717, 1.165) is 17.2 Å². The molecule has 0 fully saturated rings. The van der Waals surface area contributed by atoms with Crippen molar-refractivity contribution in [3.05, 3.63) is 61.2 Å². The molecule has 0 saturated carbocycles. The first-order valence-corrected chi connectivity index (χ1v) is 7.82. The number of rotatable bonds is 9. The molecule has 2 aromatic carbocycles. The van der Waals surface area contributed by atoms with Gasteiger partial charge >= 0.3 is 0 Å². The van der Waals surface area contributed by atoms with E-state index in [2.05, 4.69) is 17.2 Å². The molecule has 0 atom stereocenters. The standard InChI is InChI=1S/C19H22N2O3/c1-3-13-24-16-11-9-15(10-12-16)21-19(22)14-20-17-7-5-6-8-18(17)23-4-2/h3,5-12,20H,1,4,13-14H2,2H3,(H,21,22). The van der Waals surface area contributed by atoms with E-state index in [1.165, 1.54) is 0 Å². The van der Waals surface area contributed by atoms with Gasteiger partial charge in [0.2, 0.25) is 5.91 Å². The van der Waals surface area contributed by atoms with Crippen molar-refractivity contribution in [1.29, 1.82) is 0 Å². The average Bonchev–Trinajstić information content (AvgIpc) is 2.61.